The summed E-state index contributed by atoms with van der Waals surface area (Å²) >= 11 is 0. The van der Waals surface area contributed by atoms with Gasteiger partial charge in [-0.1, -0.05) is 25.1 Å². The van der Waals surface area contributed by atoms with E-state index in [9.17, 15) is 19.1 Å². The van der Waals surface area contributed by atoms with Crippen LogP contribution < -0.4 is 4.74 Å². The Labute approximate surface area is 247 Å². The van der Waals surface area contributed by atoms with E-state index in [-0.39, 0.29) is 38.2 Å². The number of carbonyl (C=O) groups excluding carboxylic acids is 1. The lowest BCUT2D eigenvalue weighted by Gasteiger charge is -2.42. The highest BCUT2D eigenvalue weighted by Crippen LogP contribution is 2.42. The third-order valence-corrected chi connectivity index (χ3v) is 7.73. The van der Waals surface area contributed by atoms with Gasteiger partial charge in [-0.15, -0.1) is 0 Å². The largest absolute Gasteiger partial charge is 0.481 e. The lowest BCUT2D eigenvalue weighted by molar-refractivity contribution is -0.142. The number of aromatic nitrogens is 2. The molecule has 2 N–H and O–H groups in total. The molecule has 0 radical (unpaired) electrons. The molecule has 1 aromatic carbocycles. The van der Waals surface area contributed by atoms with E-state index in [0.717, 1.165) is 28.8 Å². The number of H-pyrrole nitrogens is 1. The normalized spacial score (nSPS) is 18.0. The zero-order chi connectivity index (χ0) is 30.6. The van der Waals surface area contributed by atoms with Crippen molar-refractivity contribution in [3.8, 4) is 5.88 Å². The number of hydrogen-bond acceptors (Lipinski definition) is 6. The summed E-state index contributed by atoms with van der Waals surface area (Å²) in [6, 6.07) is 10.1. The fraction of sp³-hybridized carbons (Fsp3) is 0.531. The third-order valence-electron chi connectivity index (χ3n) is 7.73. The number of carboxylic acid groups (broad SMARTS) is 1. The van der Waals surface area contributed by atoms with Gasteiger partial charge in [0.2, 0.25) is 5.88 Å². The zero-order valence-electron chi connectivity index (χ0n) is 25.4. The molecule has 42 heavy (non-hydrogen) atoms. The van der Waals surface area contributed by atoms with Crippen LogP contribution in [-0.2, 0) is 16.0 Å². The van der Waals surface area contributed by atoms with Crippen LogP contribution in [0.15, 0.2) is 36.5 Å². The average Bonchev–Trinajstić information content (AvgIpc) is 3.29. The second-order valence-corrected chi connectivity index (χ2v) is 12.1. The number of benzene rings is 1. The number of halogens is 1. The van der Waals surface area contributed by atoms with E-state index in [0.29, 0.717) is 12.4 Å². The van der Waals surface area contributed by atoms with Gasteiger partial charge in [0.1, 0.15) is 12.2 Å². The minimum absolute atomic E-state index is 0.0957. The number of rotatable bonds is 11. The molecule has 10 heteroatoms. The molecule has 1 aliphatic rings. The zero-order valence-corrected chi connectivity index (χ0v) is 25.4. The van der Waals surface area contributed by atoms with E-state index in [1.807, 2.05) is 25.1 Å². The van der Waals surface area contributed by atoms with Crippen molar-refractivity contribution in [3.05, 3.63) is 58.9 Å². The number of hydrogen-bond donors (Lipinski definition) is 2. The van der Waals surface area contributed by atoms with E-state index >= 15 is 0 Å². The number of carboxylic acids is 1. The van der Waals surface area contributed by atoms with E-state index < -0.39 is 30.3 Å². The van der Waals surface area contributed by atoms with E-state index in [1.54, 1.807) is 33.9 Å². The van der Waals surface area contributed by atoms with Crippen LogP contribution in [-0.4, -0.2) is 81.5 Å². The number of aromatic amines is 1. The van der Waals surface area contributed by atoms with Gasteiger partial charge in [0.25, 0.3) is 0 Å². The van der Waals surface area contributed by atoms with Gasteiger partial charge in [0, 0.05) is 47.5 Å². The molecule has 1 aliphatic heterocycles. The highest BCUT2D eigenvalue weighted by atomic mass is 19.1. The maximum absolute atomic E-state index is 12.9. The maximum Gasteiger partial charge on any atom is 0.410 e. The first kappa shape index (κ1) is 31.3. The first-order valence-electron chi connectivity index (χ1n) is 14.6. The van der Waals surface area contributed by atoms with Crippen molar-refractivity contribution < 1.29 is 28.6 Å². The van der Waals surface area contributed by atoms with Crippen molar-refractivity contribution in [2.75, 3.05) is 32.9 Å². The lowest BCUT2D eigenvalue weighted by Crippen LogP contribution is -2.46. The summed E-state index contributed by atoms with van der Waals surface area (Å²) in [7, 11) is 0. The Kier molecular flexibility index (Phi) is 9.76. The number of amides is 1. The van der Waals surface area contributed by atoms with Crippen molar-refractivity contribution in [1.82, 2.24) is 19.8 Å². The standard InChI is InChI=1S/C32H43FN4O5/c1-20(30(38)39)19-37-21(2)18-25-24-10-7-8-11-26(24)35-27(25)28(37)23-12-14-34-29(22(23)3)41-17-16-36(15-9-13-33)31(40)42-32(4,5)6/h7-8,10-12,14,20-21,28,35H,9,13,15-19H2,1-6H3,(H,38,39)/t20-,21-,28-/m1/s1. The molecule has 2 aromatic heterocycles. The summed E-state index contributed by atoms with van der Waals surface area (Å²) < 4.78 is 24.5. The highest BCUT2D eigenvalue weighted by Gasteiger charge is 2.38. The summed E-state index contributed by atoms with van der Waals surface area (Å²) in [5, 5.41) is 10.9. The number of aliphatic carboxylic acids is 1. The molecule has 0 saturated carbocycles. The summed E-state index contributed by atoms with van der Waals surface area (Å²) in [5.74, 6) is -0.952. The number of para-hydroxylation sites is 1. The second kappa shape index (κ2) is 13.1. The number of nitrogens with one attached hydrogen (secondary N) is 1. The Bertz CT molecular complexity index is 1400. The molecular formula is C32H43FN4O5. The minimum Gasteiger partial charge on any atom is -0.481 e. The number of ether oxygens (including phenoxy) is 2. The molecule has 0 saturated heterocycles. The SMILES string of the molecule is Cc1c([C@@H]2c3[nH]c4ccccc4c3C[C@@H](C)N2C[C@@H](C)C(=O)O)ccnc1OCCN(CCCF)C(=O)OC(C)(C)C. The average molecular weight is 583 g/mol. The number of alkyl halides is 1. The molecule has 9 nitrogen and oxygen atoms in total. The number of pyridine rings is 1. The van der Waals surface area contributed by atoms with Gasteiger partial charge in [-0.05, 0) is 70.7 Å². The first-order chi connectivity index (χ1) is 19.9. The predicted molar refractivity (Wildman–Crippen MR) is 160 cm³/mol. The minimum atomic E-state index is -0.832. The van der Waals surface area contributed by atoms with Gasteiger partial charge in [-0.2, -0.15) is 0 Å². The van der Waals surface area contributed by atoms with Crippen LogP contribution in [0.4, 0.5) is 9.18 Å². The van der Waals surface area contributed by atoms with Crippen LogP contribution in [0.25, 0.3) is 10.9 Å². The molecule has 4 rings (SSSR count). The van der Waals surface area contributed by atoms with Gasteiger partial charge in [0.15, 0.2) is 0 Å². The van der Waals surface area contributed by atoms with Crippen molar-refractivity contribution in [1.29, 1.82) is 0 Å². The second-order valence-electron chi connectivity index (χ2n) is 12.1. The Morgan fingerprint density at radius 3 is 2.67 bits per heavy atom. The van der Waals surface area contributed by atoms with Gasteiger partial charge in [0.05, 0.1) is 25.2 Å². The van der Waals surface area contributed by atoms with Crippen LogP contribution in [0, 0.1) is 12.8 Å². The van der Waals surface area contributed by atoms with Crippen LogP contribution >= 0.6 is 0 Å². The quantitative estimate of drug-likeness (QED) is 0.290. The fourth-order valence-electron chi connectivity index (χ4n) is 5.62. The summed E-state index contributed by atoms with van der Waals surface area (Å²) in [4.78, 5) is 36.4. The highest BCUT2D eigenvalue weighted by molar-refractivity contribution is 5.85. The molecule has 0 spiro atoms. The van der Waals surface area contributed by atoms with E-state index in [1.165, 1.54) is 15.8 Å². The lowest BCUT2D eigenvalue weighted by atomic mass is 9.86. The fourth-order valence-corrected chi connectivity index (χ4v) is 5.62. The van der Waals surface area contributed by atoms with Gasteiger partial charge in [-0.25, -0.2) is 9.78 Å². The van der Waals surface area contributed by atoms with Crippen molar-refractivity contribution in [3.63, 3.8) is 0 Å². The van der Waals surface area contributed by atoms with Crippen molar-refractivity contribution in [2.24, 2.45) is 5.92 Å². The summed E-state index contributed by atoms with van der Waals surface area (Å²) in [5.41, 5.74) is 4.48. The smallest absolute Gasteiger partial charge is 0.410 e. The number of fused-ring (bicyclic) bond motifs is 3. The third kappa shape index (κ3) is 7.03. The number of nitrogens with zero attached hydrogens (tertiary/aromatic N) is 3. The van der Waals surface area contributed by atoms with Crippen molar-refractivity contribution >= 4 is 23.0 Å². The van der Waals surface area contributed by atoms with Gasteiger partial charge >= 0.3 is 12.1 Å². The molecule has 0 aliphatic carbocycles. The first-order valence-corrected chi connectivity index (χ1v) is 14.6. The molecular weight excluding hydrogens is 539 g/mol. The molecule has 0 bridgehead atoms. The van der Waals surface area contributed by atoms with Crippen molar-refractivity contribution in [2.45, 2.75) is 72.1 Å². The van der Waals surface area contributed by atoms with Gasteiger partial charge < -0.3 is 24.5 Å². The Morgan fingerprint density at radius 2 is 1.98 bits per heavy atom. The number of carbonyl (C=O) groups is 2. The van der Waals surface area contributed by atoms with Crippen LogP contribution in [0.3, 0.4) is 0 Å². The van der Waals surface area contributed by atoms with Crippen LogP contribution in [0.2, 0.25) is 0 Å². The topological polar surface area (TPSA) is 108 Å². The summed E-state index contributed by atoms with van der Waals surface area (Å²) in [6.07, 6.45) is 2.20. The van der Waals surface area contributed by atoms with Gasteiger partial charge in [-0.3, -0.25) is 14.1 Å². The molecule has 0 fully saturated rings. The molecule has 0 unspecified atom stereocenters. The Balaban J connectivity index is 1.64. The van der Waals surface area contributed by atoms with Crippen LogP contribution in [0.5, 0.6) is 5.88 Å². The Hall–Kier alpha value is -3.66. The molecule has 3 aromatic rings. The maximum atomic E-state index is 12.9. The van der Waals surface area contributed by atoms with E-state index in [4.69, 9.17) is 9.47 Å². The molecule has 1 amide bonds. The predicted octanol–water partition coefficient (Wildman–Crippen LogP) is 5.90. The molecule has 3 atom stereocenters. The monoisotopic (exact) mass is 582 g/mol. The Morgan fingerprint density at radius 1 is 1.24 bits per heavy atom. The molecule has 228 valence electrons. The van der Waals surface area contributed by atoms with Crippen LogP contribution in [0.1, 0.15) is 69.5 Å². The summed E-state index contributed by atoms with van der Waals surface area (Å²) in [6.45, 7) is 11.6. The van der Waals surface area contributed by atoms with E-state index in [2.05, 4.69) is 33.9 Å². The molecule has 3 heterocycles.